The van der Waals surface area contributed by atoms with E-state index in [0.717, 1.165) is 9.87 Å². The van der Waals surface area contributed by atoms with Crippen LogP contribution < -0.4 is 5.32 Å². The van der Waals surface area contributed by atoms with Crippen LogP contribution in [-0.2, 0) is 21.5 Å². The Kier molecular flexibility index (Phi) is 5.36. The summed E-state index contributed by atoms with van der Waals surface area (Å²) in [5.74, 6) is -0.858. The van der Waals surface area contributed by atoms with Crippen molar-refractivity contribution in [3.8, 4) is 0 Å². The average molecular weight is 377 g/mol. The Morgan fingerprint density at radius 2 is 1.73 bits per heavy atom. The lowest BCUT2D eigenvalue weighted by molar-refractivity contribution is -0.116. The van der Waals surface area contributed by atoms with Crippen molar-refractivity contribution in [3.63, 3.8) is 0 Å². The van der Waals surface area contributed by atoms with E-state index in [9.17, 15) is 17.6 Å². The van der Waals surface area contributed by atoms with Gasteiger partial charge in [0.15, 0.2) is 0 Å². The normalized spacial score (nSPS) is 17.3. The molecule has 0 radical (unpaired) electrons. The van der Waals surface area contributed by atoms with Crippen LogP contribution in [0.3, 0.4) is 0 Å². The number of amides is 1. The maximum Gasteiger partial charge on any atom is 0.282 e. The molecule has 0 saturated carbocycles. The first-order chi connectivity index (χ1) is 12.4. The van der Waals surface area contributed by atoms with Crippen LogP contribution >= 0.6 is 0 Å². The molecule has 1 N–H and O–H groups in total. The van der Waals surface area contributed by atoms with E-state index in [1.165, 1.54) is 10.4 Å². The van der Waals surface area contributed by atoms with Crippen molar-refractivity contribution in [2.75, 3.05) is 25.0 Å². The van der Waals surface area contributed by atoms with Crippen LogP contribution in [0.5, 0.6) is 0 Å². The second-order valence-electron chi connectivity index (χ2n) is 6.18. The Labute approximate surface area is 152 Å². The summed E-state index contributed by atoms with van der Waals surface area (Å²) in [5.41, 5.74) is 1.98. The molecule has 0 aromatic heterocycles. The summed E-state index contributed by atoms with van der Waals surface area (Å²) < 4.78 is 41.2. The van der Waals surface area contributed by atoms with Gasteiger partial charge in [0.05, 0.1) is 6.54 Å². The molecule has 0 unspecified atom stereocenters. The van der Waals surface area contributed by atoms with E-state index in [-0.39, 0.29) is 26.2 Å². The van der Waals surface area contributed by atoms with Gasteiger partial charge in [0.1, 0.15) is 5.82 Å². The van der Waals surface area contributed by atoms with E-state index >= 15 is 0 Å². The molecule has 8 heteroatoms. The van der Waals surface area contributed by atoms with Crippen molar-refractivity contribution in [1.82, 2.24) is 8.61 Å². The average Bonchev–Trinajstić information content (AvgIpc) is 2.86. The molecule has 1 aliphatic rings. The highest BCUT2D eigenvalue weighted by Crippen LogP contribution is 2.21. The Hall–Kier alpha value is -2.29. The number of hydrogen-bond acceptors (Lipinski definition) is 3. The third-order valence-electron chi connectivity index (χ3n) is 4.21. The van der Waals surface area contributed by atoms with Crippen LogP contribution in [-0.4, -0.2) is 42.6 Å². The molecule has 26 heavy (non-hydrogen) atoms. The van der Waals surface area contributed by atoms with Gasteiger partial charge in [-0.3, -0.25) is 4.79 Å². The molecule has 3 rings (SSSR count). The Bertz CT molecular complexity index is 900. The molecular weight excluding hydrogens is 357 g/mol. The smallest absolute Gasteiger partial charge is 0.282 e. The largest absolute Gasteiger partial charge is 0.325 e. The van der Waals surface area contributed by atoms with E-state index < -0.39 is 21.9 Å². The molecule has 0 atom stereocenters. The molecule has 1 aliphatic heterocycles. The first kappa shape index (κ1) is 18.5. The van der Waals surface area contributed by atoms with Crippen molar-refractivity contribution in [2.45, 2.75) is 13.5 Å². The van der Waals surface area contributed by atoms with E-state index in [1.807, 2.05) is 19.1 Å². The molecule has 1 amide bonds. The molecule has 2 aromatic carbocycles. The summed E-state index contributed by atoms with van der Waals surface area (Å²) in [6.45, 7) is 2.02. The fourth-order valence-corrected chi connectivity index (χ4v) is 4.29. The quantitative estimate of drug-likeness (QED) is 0.868. The molecule has 0 spiro atoms. The van der Waals surface area contributed by atoms with Gasteiger partial charge in [0.2, 0.25) is 5.91 Å². The lowest BCUT2D eigenvalue weighted by Gasteiger charge is -2.18. The van der Waals surface area contributed by atoms with Gasteiger partial charge in [-0.2, -0.15) is 17.0 Å². The Morgan fingerprint density at radius 3 is 2.42 bits per heavy atom. The molecule has 6 nitrogen and oxygen atoms in total. The summed E-state index contributed by atoms with van der Waals surface area (Å²) in [5, 5.41) is 2.68. The predicted molar refractivity (Wildman–Crippen MR) is 97.1 cm³/mol. The van der Waals surface area contributed by atoms with E-state index in [4.69, 9.17) is 0 Å². The van der Waals surface area contributed by atoms with Gasteiger partial charge in [-0.1, -0.05) is 35.9 Å². The van der Waals surface area contributed by atoms with Crippen LogP contribution in [0.1, 0.15) is 11.1 Å². The zero-order valence-corrected chi connectivity index (χ0v) is 15.2. The lowest BCUT2D eigenvalue weighted by atomic mass is 10.2. The summed E-state index contributed by atoms with van der Waals surface area (Å²) in [4.78, 5) is 12.2. The number of carbonyl (C=O) groups excluding carboxylic acids is 1. The van der Waals surface area contributed by atoms with Crippen molar-refractivity contribution in [3.05, 3.63) is 65.5 Å². The Balaban J connectivity index is 1.63. The molecule has 0 aliphatic carbocycles. The molecule has 1 fully saturated rings. The van der Waals surface area contributed by atoms with Gasteiger partial charge in [-0.25, -0.2) is 4.39 Å². The fourth-order valence-electron chi connectivity index (χ4n) is 2.75. The number of aryl methyl sites for hydroxylation is 1. The zero-order valence-electron chi connectivity index (χ0n) is 14.4. The van der Waals surface area contributed by atoms with Crippen molar-refractivity contribution >= 4 is 21.8 Å². The van der Waals surface area contributed by atoms with Gasteiger partial charge in [0.25, 0.3) is 10.2 Å². The number of anilines is 1. The summed E-state index contributed by atoms with van der Waals surface area (Å²) in [6, 6.07) is 13.3. The number of rotatable bonds is 5. The Morgan fingerprint density at radius 1 is 1.08 bits per heavy atom. The second kappa shape index (κ2) is 7.53. The van der Waals surface area contributed by atoms with Gasteiger partial charge < -0.3 is 5.32 Å². The molecule has 1 saturated heterocycles. The van der Waals surface area contributed by atoms with E-state index in [0.29, 0.717) is 11.3 Å². The van der Waals surface area contributed by atoms with E-state index in [1.54, 1.807) is 30.3 Å². The first-order valence-corrected chi connectivity index (χ1v) is 9.61. The number of benzene rings is 2. The predicted octanol–water partition coefficient (Wildman–Crippen LogP) is 2.14. The van der Waals surface area contributed by atoms with Crippen LogP contribution in [0, 0.1) is 12.7 Å². The van der Waals surface area contributed by atoms with Gasteiger partial charge >= 0.3 is 0 Å². The fraction of sp³-hybridized carbons (Fsp3) is 0.278. The van der Waals surface area contributed by atoms with Crippen LogP contribution in [0.4, 0.5) is 10.1 Å². The van der Waals surface area contributed by atoms with Crippen LogP contribution in [0.2, 0.25) is 0 Å². The third kappa shape index (κ3) is 4.09. The minimum Gasteiger partial charge on any atom is -0.325 e. The number of nitrogens with one attached hydrogen (secondary N) is 1. The standard InChI is InChI=1S/C18H20FN3O3S/c1-14-6-8-16(9-7-14)20-18(23)13-22-11-10-21(26(22,24)25)12-15-4-2-3-5-17(15)19/h2-9H,10-13H2,1H3,(H,20,23). The number of halogens is 1. The molecule has 1 heterocycles. The lowest BCUT2D eigenvalue weighted by Crippen LogP contribution is -2.37. The van der Waals surface area contributed by atoms with Gasteiger partial charge in [-0.15, -0.1) is 0 Å². The molecule has 0 bridgehead atoms. The maximum absolute atomic E-state index is 13.8. The third-order valence-corrected chi connectivity index (χ3v) is 6.14. The van der Waals surface area contributed by atoms with Crippen molar-refractivity contribution in [2.24, 2.45) is 0 Å². The van der Waals surface area contributed by atoms with Crippen molar-refractivity contribution < 1.29 is 17.6 Å². The summed E-state index contributed by atoms with van der Waals surface area (Å²) in [6.07, 6.45) is 0. The maximum atomic E-state index is 13.8. The minimum absolute atomic E-state index is 0.0505. The van der Waals surface area contributed by atoms with Crippen molar-refractivity contribution in [1.29, 1.82) is 0 Å². The molecular formula is C18H20FN3O3S. The highest BCUT2D eigenvalue weighted by Gasteiger charge is 2.37. The summed E-state index contributed by atoms with van der Waals surface area (Å²) in [7, 11) is -3.80. The summed E-state index contributed by atoms with van der Waals surface area (Å²) >= 11 is 0. The number of nitrogens with zero attached hydrogens (tertiary/aromatic N) is 2. The highest BCUT2D eigenvalue weighted by molar-refractivity contribution is 7.87. The second-order valence-corrected chi connectivity index (χ2v) is 8.11. The molecule has 138 valence electrons. The minimum atomic E-state index is -3.80. The topological polar surface area (TPSA) is 69.7 Å². The SMILES string of the molecule is Cc1ccc(NC(=O)CN2CCN(Cc3ccccc3F)S2(=O)=O)cc1. The van der Waals surface area contributed by atoms with Crippen LogP contribution in [0.15, 0.2) is 48.5 Å². The van der Waals surface area contributed by atoms with E-state index in [2.05, 4.69) is 5.32 Å². The first-order valence-electron chi connectivity index (χ1n) is 8.21. The number of hydrogen-bond donors (Lipinski definition) is 1. The highest BCUT2D eigenvalue weighted by atomic mass is 32.2. The number of carbonyl (C=O) groups is 1. The zero-order chi connectivity index (χ0) is 18.7. The molecule has 2 aromatic rings. The van der Waals surface area contributed by atoms with Gasteiger partial charge in [-0.05, 0) is 25.1 Å². The van der Waals surface area contributed by atoms with Gasteiger partial charge in [0, 0.05) is 30.9 Å². The van der Waals surface area contributed by atoms with Crippen LogP contribution in [0.25, 0.3) is 0 Å². The monoisotopic (exact) mass is 377 g/mol.